The zero-order chi connectivity index (χ0) is 13.8. The quantitative estimate of drug-likeness (QED) is 0.478. The van der Waals surface area contributed by atoms with Crippen molar-refractivity contribution in [1.82, 2.24) is 4.98 Å². The van der Waals surface area contributed by atoms with Crippen molar-refractivity contribution in [2.24, 2.45) is 0 Å². The average molecular weight is 279 g/mol. The standard InChI is InChI=1S/C13H13NO4S/c1-3-18-12(16)7-10(15)13-14-9-5-4-8(17-2)6-11(9)19-13/h4-6H,3,7H2,1-2H3. The van der Waals surface area contributed by atoms with Gasteiger partial charge < -0.3 is 9.47 Å². The van der Waals surface area contributed by atoms with Gasteiger partial charge in [0.15, 0.2) is 5.01 Å². The lowest BCUT2D eigenvalue weighted by atomic mass is 10.3. The summed E-state index contributed by atoms with van der Waals surface area (Å²) in [5, 5.41) is 0.316. The number of carbonyl (C=O) groups is 2. The maximum atomic E-state index is 11.9. The Labute approximate surface area is 114 Å². The Morgan fingerprint density at radius 3 is 2.84 bits per heavy atom. The third-order valence-corrected chi connectivity index (χ3v) is 3.50. The van der Waals surface area contributed by atoms with Gasteiger partial charge in [-0.25, -0.2) is 4.98 Å². The number of hydrogen-bond donors (Lipinski definition) is 0. The summed E-state index contributed by atoms with van der Waals surface area (Å²) in [5.41, 5.74) is 0.720. The van der Waals surface area contributed by atoms with E-state index >= 15 is 0 Å². The lowest BCUT2D eigenvalue weighted by molar-refractivity contribution is -0.141. The van der Waals surface area contributed by atoms with Gasteiger partial charge in [0.1, 0.15) is 12.2 Å². The zero-order valence-corrected chi connectivity index (χ0v) is 11.5. The van der Waals surface area contributed by atoms with Gasteiger partial charge in [0, 0.05) is 0 Å². The lowest BCUT2D eigenvalue weighted by Crippen LogP contribution is -2.11. The predicted molar refractivity (Wildman–Crippen MR) is 71.8 cm³/mol. The number of methoxy groups -OCH3 is 1. The van der Waals surface area contributed by atoms with Crippen LogP contribution < -0.4 is 4.74 Å². The van der Waals surface area contributed by atoms with Crippen molar-refractivity contribution in [3.8, 4) is 5.75 Å². The van der Waals surface area contributed by atoms with Crippen LogP contribution in [0.2, 0.25) is 0 Å². The van der Waals surface area contributed by atoms with Crippen LogP contribution in [0, 0.1) is 0 Å². The van der Waals surface area contributed by atoms with E-state index in [0.717, 1.165) is 10.2 Å². The number of carbonyl (C=O) groups excluding carboxylic acids is 2. The largest absolute Gasteiger partial charge is 0.497 e. The molecule has 0 aliphatic carbocycles. The molecular formula is C13H13NO4S. The number of thiazole rings is 1. The topological polar surface area (TPSA) is 65.5 Å². The molecule has 2 aromatic rings. The first-order valence-corrected chi connectivity index (χ1v) is 6.59. The van der Waals surface area contributed by atoms with Gasteiger partial charge >= 0.3 is 5.97 Å². The molecule has 0 N–H and O–H groups in total. The highest BCUT2D eigenvalue weighted by Gasteiger charge is 2.17. The van der Waals surface area contributed by atoms with E-state index in [4.69, 9.17) is 9.47 Å². The Kier molecular flexibility index (Phi) is 4.11. The van der Waals surface area contributed by atoms with Crippen molar-refractivity contribution in [2.45, 2.75) is 13.3 Å². The Bertz CT molecular complexity index is 620. The van der Waals surface area contributed by atoms with Crippen LogP contribution in [0.25, 0.3) is 10.2 Å². The molecular weight excluding hydrogens is 266 g/mol. The van der Waals surface area contributed by atoms with Crippen LogP contribution in [0.3, 0.4) is 0 Å². The molecule has 2 rings (SSSR count). The summed E-state index contributed by atoms with van der Waals surface area (Å²) in [5.74, 6) is -0.136. The van der Waals surface area contributed by atoms with Crippen molar-refractivity contribution in [3.05, 3.63) is 23.2 Å². The average Bonchev–Trinajstić information content (AvgIpc) is 2.81. The van der Waals surface area contributed by atoms with Crippen molar-refractivity contribution in [2.75, 3.05) is 13.7 Å². The van der Waals surface area contributed by atoms with Crippen LogP contribution in [0.5, 0.6) is 5.75 Å². The predicted octanol–water partition coefficient (Wildman–Crippen LogP) is 2.44. The first kappa shape index (κ1) is 13.5. The molecule has 0 bridgehead atoms. The highest BCUT2D eigenvalue weighted by Crippen LogP contribution is 2.26. The number of benzene rings is 1. The number of hydrogen-bond acceptors (Lipinski definition) is 6. The molecule has 0 radical (unpaired) electrons. The molecule has 0 unspecified atom stereocenters. The minimum absolute atomic E-state index is 0.267. The van der Waals surface area contributed by atoms with Crippen molar-refractivity contribution in [3.63, 3.8) is 0 Å². The van der Waals surface area contributed by atoms with Crippen LogP contribution >= 0.6 is 11.3 Å². The molecule has 1 heterocycles. The van der Waals surface area contributed by atoms with E-state index in [1.807, 2.05) is 6.07 Å². The van der Waals surface area contributed by atoms with E-state index in [1.165, 1.54) is 11.3 Å². The van der Waals surface area contributed by atoms with Crippen LogP contribution in [0.4, 0.5) is 0 Å². The Morgan fingerprint density at radius 1 is 1.37 bits per heavy atom. The van der Waals surface area contributed by atoms with E-state index in [2.05, 4.69) is 4.98 Å². The van der Waals surface area contributed by atoms with Gasteiger partial charge in [-0.2, -0.15) is 0 Å². The smallest absolute Gasteiger partial charge is 0.313 e. The monoisotopic (exact) mass is 279 g/mol. The molecule has 100 valence electrons. The van der Waals surface area contributed by atoms with Crippen molar-refractivity contribution >= 4 is 33.3 Å². The van der Waals surface area contributed by atoms with Crippen molar-refractivity contribution in [1.29, 1.82) is 0 Å². The van der Waals surface area contributed by atoms with Crippen LogP contribution in [0.1, 0.15) is 23.1 Å². The van der Waals surface area contributed by atoms with Crippen LogP contribution in [-0.2, 0) is 9.53 Å². The Balaban J connectivity index is 2.21. The maximum Gasteiger partial charge on any atom is 0.313 e. The molecule has 0 amide bonds. The van der Waals surface area contributed by atoms with Crippen LogP contribution in [-0.4, -0.2) is 30.5 Å². The number of esters is 1. The molecule has 19 heavy (non-hydrogen) atoms. The van der Waals surface area contributed by atoms with E-state index in [0.29, 0.717) is 10.8 Å². The summed E-state index contributed by atoms with van der Waals surface area (Å²) in [7, 11) is 1.58. The lowest BCUT2D eigenvalue weighted by Gasteiger charge is -1.98. The minimum Gasteiger partial charge on any atom is -0.497 e. The van der Waals surface area contributed by atoms with Gasteiger partial charge in [-0.3, -0.25) is 9.59 Å². The second kappa shape index (κ2) is 5.79. The van der Waals surface area contributed by atoms with E-state index in [1.54, 1.807) is 26.2 Å². The second-order valence-electron chi connectivity index (χ2n) is 3.76. The number of ether oxygens (including phenoxy) is 2. The van der Waals surface area contributed by atoms with E-state index in [-0.39, 0.29) is 18.8 Å². The maximum absolute atomic E-state index is 11.9. The molecule has 1 aromatic heterocycles. The fourth-order valence-electron chi connectivity index (χ4n) is 1.57. The fraction of sp³-hybridized carbons (Fsp3) is 0.308. The van der Waals surface area contributed by atoms with E-state index in [9.17, 15) is 9.59 Å². The Hall–Kier alpha value is -1.95. The molecule has 5 nitrogen and oxygen atoms in total. The summed E-state index contributed by atoms with van der Waals surface area (Å²) < 4.78 is 10.7. The number of nitrogens with zero attached hydrogens (tertiary/aromatic N) is 1. The minimum atomic E-state index is -0.524. The number of Topliss-reactive ketones (excluding diaryl/α,β-unsaturated/α-hetero) is 1. The summed E-state index contributed by atoms with van der Waals surface area (Å²) in [6, 6.07) is 5.38. The Morgan fingerprint density at radius 2 is 2.16 bits per heavy atom. The third kappa shape index (κ3) is 3.08. The third-order valence-electron chi connectivity index (χ3n) is 2.44. The van der Waals surface area contributed by atoms with Crippen molar-refractivity contribution < 1.29 is 19.1 Å². The zero-order valence-electron chi connectivity index (χ0n) is 10.6. The first-order chi connectivity index (χ1) is 9.13. The number of ketones is 1. The molecule has 0 aliphatic heterocycles. The molecule has 0 atom stereocenters. The van der Waals surface area contributed by atoms with Gasteiger partial charge in [0.05, 0.1) is 23.9 Å². The van der Waals surface area contributed by atoms with Gasteiger partial charge in [0.25, 0.3) is 0 Å². The summed E-state index contributed by atoms with van der Waals surface area (Å²) in [4.78, 5) is 27.3. The SMILES string of the molecule is CCOC(=O)CC(=O)c1nc2ccc(OC)cc2s1. The normalized spacial score (nSPS) is 10.4. The molecule has 1 aromatic carbocycles. The number of fused-ring (bicyclic) bond motifs is 1. The molecule has 0 saturated carbocycles. The number of rotatable bonds is 5. The molecule has 0 aliphatic rings. The summed E-state index contributed by atoms with van der Waals surface area (Å²) in [6.45, 7) is 1.97. The highest BCUT2D eigenvalue weighted by atomic mass is 32.1. The molecule has 6 heteroatoms. The summed E-state index contributed by atoms with van der Waals surface area (Å²) >= 11 is 1.25. The van der Waals surface area contributed by atoms with Gasteiger partial charge in [-0.05, 0) is 25.1 Å². The highest BCUT2D eigenvalue weighted by molar-refractivity contribution is 7.20. The first-order valence-electron chi connectivity index (χ1n) is 5.77. The van der Waals surface area contributed by atoms with Gasteiger partial charge in [0.2, 0.25) is 5.78 Å². The fourth-order valence-corrected chi connectivity index (χ4v) is 2.50. The van der Waals surface area contributed by atoms with E-state index < -0.39 is 5.97 Å². The van der Waals surface area contributed by atoms with Gasteiger partial charge in [-0.1, -0.05) is 0 Å². The molecule has 0 saturated heterocycles. The number of aromatic nitrogens is 1. The summed E-state index contributed by atoms with van der Waals surface area (Å²) in [6.07, 6.45) is -0.273. The molecule has 0 spiro atoms. The molecule has 0 fully saturated rings. The van der Waals surface area contributed by atoms with Crippen LogP contribution in [0.15, 0.2) is 18.2 Å². The second-order valence-corrected chi connectivity index (χ2v) is 4.79. The van der Waals surface area contributed by atoms with Gasteiger partial charge in [-0.15, -0.1) is 11.3 Å².